The van der Waals surface area contributed by atoms with Gasteiger partial charge in [-0.1, -0.05) is 6.08 Å². The molecule has 0 atom stereocenters. The van der Waals surface area contributed by atoms with Crippen molar-refractivity contribution in [3.05, 3.63) is 35.6 Å². The Hall–Kier alpha value is -1.36. The maximum atomic E-state index is 11.2. The molecule has 0 aliphatic heterocycles. The lowest BCUT2D eigenvalue weighted by Crippen LogP contribution is -2.28. The second kappa shape index (κ2) is 5.39. The fourth-order valence-electron chi connectivity index (χ4n) is 0.808. The molecule has 1 heterocycles. The highest BCUT2D eigenvalue weighted by molar-refractivity contribution is 9.10. The van der Waals surface area contributed by atoms with Crippen LogP contribution in [0.3, 0.4) is 0 Å². The lowest BCUT2D eigenvalue weighted by atomic mass is 10.4. The van der Waals surface area contributed by atoms with Crippen molar-refractivity contribution >= 4 is 27.6 Å². The highest BCUT2D eigenvalue weighted by Gasteiger charge is 2.02. The van der Waals surface area contributed by atoms with Gasteiger partial charge in [0.15, 0.2) is 0 Å². The van der Waals surface area contributed by atoms with Gasteiger partial charge >= 0.3 is 6.03 Å². The summed E-state index contributed by atoms with van der Waals surface area (Å²) in [4.78, 5) is 15.1. The van der Waals surface area contributed by atoms with Gasteiger partial charge in [-0.3, -0.25) is 4.98 Å². The van der Waals surface area contributed by atoms with Crippen LogP contribution >= 0.6 is 15.9 Å². The third-order valence-electron chi connectivity index (χ3n) is 1.43. The highest BCUT2D eigenvalue weighted by Crippen LogP contribution is 2.19. The average Bonchev–Trinajstić information content (AvgIpc) is 2.18. The molecule has 0 saturated heterocycles. The van der Waals surface area contributed by atoms with Crippen molar-refractivity contribution in [1.29, 1.82) is 0 Å². The van der Waals surface area contributed by atoms with Crippen LogP contribution in [0.15, 0.2) is 35.6 Å². The molecule has 0 fully saturated rings. The number of amides is 2. The predicted octanol–water partition coefficient (Wildman–Crippen LogP) is 2.15. The normalized spacial score (nSPS) is 9.21. The summed E-state index contributed by atoms with van der Waals surface area (Å²) in [6, 6.07) is 1.44. The topological polar surface area (TPSA) is 54.0 Å². The minimum Gasteiger partial charge on any atom is -0.334 e. The molecular weight excluding hydrogens is 246 g/mol. The smallest absolute Gasteiger partial charge is 0.319 e. The van der Waals surface area contributed by atoms with Gasteiger partial charge in [-0.2, -0.15) is 0 Å². The van der Waals surface area contributed by atoms with E-state index in [0.717, 1.165) is 4.47 Å². The number of anilines is 1. The predicted molar refractivity (Wildman–Crippen MR) is 59.2 cm³/mol. The summed E-state index contributed by atoms with van der Waals surface area (Å²) in [7, 11) is 0. The van der Waals surface area contributed by atoms with Crippen LogP contribution in [-0.2, 0) is 0 Å². The molecule has 0 aliphatic carbocycles. The molecule has 0 saturated carbocycles. The Labute approximate surface area is 90.6 Å². The first-order valence-electron chi connectivity index (χ1n) is 3.99. The number of halogens is 1. The number of hydrogen-bond acceptors (Lipinski definition) is 2. The third-order valence-corrected chi connectivity index (χ3v) is 2.06. The maximum absolute atomic E-state index is 11.2. The SMILES string of the molecule is C=CCNC(=O)Nc1ccncc1Br. The molecule has 74 valence electrons. The van der Waals surface area contributed by atoms with Crippen molar-refractivity contribution in [2.24, 2.45) is 0 Å². The molecule has 5 heteroatoms. The Balaban J connectivity index is 2.56. The lowest BCUT2D eigenvalue weighted by molar-refractivity contribution is 0.253. The number of carbonyl (C=O) groups excluding carboxylic acids is 1. The number of aromatic nitrogens is 1. The second-order valence-electron chi connectivity index (χ2n) is 2.48. The second-order valence-corrected chi connectivity index (χ2v) is 3.33. The number of pyridine rings is 1. The van der Waals surface area contributed by atoms with Crippen molar-refractivity contribution < 1.29 is 4.79 Å². The number of nitrogens with zero attached hydrogens (tertiary/aromatic N) is 1. The van der Waals surface area contributed by atoms with Crippen LogP contribution in [0.25, 0.3) is 0 Å². The molecule has 0 bridgehead atoms. The van der Waals surface area contributed by atoms with E-state index in [9.17, 15) is 4.79 Å². The van der Waals surface area contributed by atoms with Gasteiger partial charge in [0.05, 0.1) is 10.2 Å². The van der Waals surface area contributed by atoms with E-state index in [1.54, 1.807) is 24.5 Å². The molecule has 14 heavy (non-hydrogen) atoms. The van der Waals surface area contributed by atoms with E-state index in [2.05, 4.69) is 38.1 Å². The van der Waals surface area contributed by atoms with Crippen LogP contribution in [-0.4, -0.2) is 17.6 Å². The quantitative estimate of drug-likeness (QED) is 0.814. The lowest BCUT2D eigenvalue weighted by Gasteiger charge is -2.06. The Bertz CT molecular complexity index is 341. The van der Waals surface area contributed by atoms with Gasteiger partial charge in [0, 0.05) is 18.9 Å². The zero-order valence-electron chi connectivity index (χ0n) is 7.46. The number of nitrogens with one attached hydrogen (secondary N) is 2. The van der Waals surface area contributed by atoms with Crippen LogP contribution in [0.2, 0.25) is 0 Å². The molecule has 1 aromatic heterocycles. The van der Waals surface area contributed by atoms with E-state index >= 15 is 0 Å². The van der Waals surface area contributed by atoms with E-state index in [4.69, 9.17) is 0 Å². The molecule has 0 aromatic carbocycles. The molecule has 1 aromatic rings. The molecule has 4 nitrogen and oxygen atoms in total. The summed E-state index contributed by atoms with van der Waals surface area (Å²) < 4.78 is 0.744. The fourth-order valence-corrected chi connectivity index (χ4v) is 1.16. The minimum atomic E-state index is -0.267. The van der Waals surface area contributed by atoms with Crippen molar-refractivity contribution in [1.82, 2.24) is 10.3 Å². The minimum absolute atomic E-state index is 0.267. The first-order valence-corrected chi connectivity index (χ1v) is 4.78. The fraction of sp³-hybridized carbons (Fsp3) is 0.111. The largest absolute Gasteiger partial charge is 0.334 e. The van der Waals surface area contributed by atoms with Crippen LogP contribution < -0.4 is 10.6 Å². The molecule has 0 radical (unpaired) electrons. The van der Waals surface area contributed by atoms with E-state index < -0.39 is 0 Å². The van der Waals surface area contributed by atoms with Crippen molar-refractivity contribution in [2.75, 3.05) is 11.9 Å². The summed E-state index contributed by atoms with van der Waals surface area (Å²) in [5.74, 6) is 0. The van der Waals surface area contributed by atoms with Crippen LogP contribution in [0.4, 0.5) is 10.5 Å². The Morgan fingerprint density at radius 3 is 3.14 bits per heavy atom. The molecule has 1 rings (SSSR count). The molecule has 0 unspecified atom stereocenters. The maximum Gasteiger partial charge on any atom is 0.319 e. The van der Waals surface area contributed by atoms with Crippen molar-refractivity contribution in [3.8, 4) is 0 Å². The Morgan fingerprint density at radius 2 is 2.50 bits per heavy atom. The molecule has 0 spiro atoms. The van der Waals surface area contributed by atoms with Crippen molar-refractivity contribution in [3.63, 3.8) is 0 Å². The first kappa shape index (κ1) is 10.7. The van der Waals surface area contributed by atoms with Gasteiger partial charge in [0.25, 0.3) is 0 Å². The van der Waals surface area contributed by atoms with E-state index in [1.807, 2.05) is 0 Å². The van der Waals surface area contributed by atoms with E-state index in [-0.39, 0.29) is 6.03 Å². The van der Waals surface area contributed by atoms with E-state index in [1.165, 1.54) is 0 Å². The van der Waals surface area contributed by atoms with Gasteiger partial charge in [-0.25, -0.2) is 4.79 Å². The highest BCUT2D eigenvalue weighted by atomic mass is 79.9. The zero-order chi connectivity index (χ0) is 10.4. The number of urea groups is 1. The van der Waals surface area contributed by atoms with Gasteiger partial charge in [0.2, 0.25) is 0 Å². The Morgan fingerprint density at radius 1 is 1.71 bits per heavy atom. The first-order chi connectivity index (χ1) is 6.74. The molecule has 2 amide bonds. The summed E-state index contributed by atoms with van der Waals surface area (Å²) >= 11 is 3.27. The molecule has 2 N–H and O–H groups in total. The third kappa shape index (κ3) is 3.18. The Kier molecular flexibility index (Phi) is 4.12. The van der Waals surface area contributed by atoms with Gasteiger partial charge in [-0.05, 0) is 22.0 Å². The number of rotatable bonds is 3. The van der Waals surface area contributed by atoms with Crippen molar-refractivity contribution in [2.45, 2.75) is 0 Å². The van der Waals surface area contributed by atoms with E-state index in [0.29, 0.717) is 12.2 Å². The van der Waals surface area contributed by atoms with Crippen LogP contribution in [0.1, 0.15) is 0 Å². The summed E-state index contributed by atoms with van der Waals surface area (Å²) in [6.45, 7) is 3.93. The molecule has 0 aliphatic rings. The number of hydrogen-bond donors (Lipinski definition) is 2. The van der Waals surface area contributed by atoms with Crippen LogP contribution in [0, 0.1) is 0 Å². The summed E-state index contributed by atoms with van der Waals surface area (Å²) in [6.07, 6.45) is 4.83. The van der Waals surface area contributed by atoms with Crippen LogP contribution in [0.5, 0.6) is 0 Å². The van der Waals surface area contributed by atoms with Gasteiger partial charge in [-0.15, -0.1) is 6.58 Å². The van der Waals surface area contributed by atoms with Gasteiger partial charge < -0.3 is 10.6 Å². The summed E-state index contributed by atoms with van der Waals surface area (Å²) in [5.41, 5.74) is 0.682. The monoisotopic (exact) mass is 255 g/mol. The number of carbonyl (C=O) groups is 1. The van der Waals surface area contributed by atoms with Gasteiger partial charge in [0.1, 0.15) is 0 Å². The summed E-state index contributed by atoms with van der Waals surface area (Å²) in [5, 5.41) is 5.26. The molecular formula is C9H10BrN3O. The average molecular weight is 256 g/mol. The standard InChI is InChI=1S/C9H10BrN3O/c1-2-4-12-9(14)13-8-3-5-11-6-7(8)10/h2-3,5-6H,1,4H2,(H2,11,12,13,14). The zero-order valence-corrected chi connectivity index (χ0v) is 9.04.